The van der Waals surface area contributed by atoms with Gasteiger partial charge in [0.15, 0.2) is 6.67 Å². The summed E-state index contributed by atoms with van der Waals surface area (Å²) in [5.41, 5.74) is 11.3. The molecule has 1 fully saturated rings. The summed E-state index contributed by atoms with van der Waals surface area (Å²) in [4.78, 5) is 2.59. The second kappa shape index (κ2) is 5.93. The van der Waals surface area contributed by atoms with Crippen LogP contribution in [0.15, 0.2) is 24.3 Å². The van der Waals surface area contributed by atoms with Crippen molar-refractivity contribution in [3.8, 4) is 0 Å². The maximum absolute atomic E-state index is 2.59. The van der Waals surface area contributed by atoms with E-state index in [0.717, 1.165) is 24.2 Å². The molecule has 2 aromatic rings. The van der Waals surface area contributed by atoms with Crippen molar-refractivity contribution in [2.45, 2.75) is 41.5 Å². The topological polar surface area (TPSA) is 3.24 Å². The van der Waals surface area contributed by atoms with Crippen molar-refractivity contribution >= 4 is 11.4 Å². The molecule has 0 spiro atoms. The van der Waals surface area contributed by atoms with Crippen LogP contribution >= 0.6 is 0 Å². The van der Waals surface area contributed by atoms with Crippen LogP contribution in [0.1, 0.15) is 33.4 Å². The average molecular weight is 324 g/mol. The van der Waals surface area contributed by atoms with Crippen molar-refractivity contribution in [2.75, 3.05) is 31.7 Å². The lowest BCUT2D eigenvalue weighted by Gasteiger charge is -2.32. The van der Waals surface area contributed by atoms with Crippen molar-refractivity contribution < 1.29 is 0 Å². The molecule has 1 unspecified atom stereocenters. The predicted octanol–water partition coefficient (Wildman–Crippen LogP) is 4.95. The fourth-order valence-corrected chi connectivity index (χ4v) is 4.92. The Morgan fingerprint density at radius 3 is 1.71 bits per heavy atom. The third-order valence-electron chi connectivity index (χ3n) is 5.47. The molecule has 0 aromatic heterocycles. The smallest absolute Gasteiger partial charge is 0.159 e. The highest BCUT2D eigenvalue weighted by Crippen LogP contribution is 2.36. The van der Waals surface area contributed by atoms with Gasteiger partial charge in [-0.3, -0.25) is 4.48 Å². The molecular weight excluding hydrogens is 292 g/mol. The van der Waals surface area contributed by atoms with Crippen LogP contribution in [0.5, 0.6) is 0 Å². The van der Waals surface area contributed by atoms with Crippen LogP contribution in [0.25, 0.3) is 0 Å². The molecule has 1 heterocycles. The number of benzene rings is 2. The van der Waals surface area contributed by atoms with Crippen molar-refractivity contribution in [3.05, 3.63) is 57.6 Å². The van der Waals surface area contributed by atoms with Gasteiger partial charge in [0.1, 0.15) is 12.2 Å². The van der Waals surface area contributed by atoms with Gasteiger partial charge in [-0.15, -0.1) is 0 Å². The van der Waals surface area contributed by atoms with Gasteiger partial charge < -0.3 is 4.90 Å². The van der Waals surface area contributed by atoms with Gasteiger partial charge in [-0.2, -0.15) is 0 Å². The monoisotopic (exact) mass is 323 g/mol. The zero-order chi connectivity index (χ0) is 17.6. The highest BCUT2D eigenvalue weighted by molar-refractivity contribution is 5.64. The summed E-state index contributed by atoms with van der Waals surface area (Å²) in [6.45, 7) is 16.8. The molecule has 24 heavy (non-hydrogen) atoms. The van der Waals surface area contributed by atoms with E-state index >= 15 is 0 Å². The lowest BCUT2D eigenvalue weighted by atomic mass is 10.0. The largest absolute Gasteiger partial charge is 0.319 e. The Bertz CT molecular complexity index is 745. The molecule has 2 aromatic carbocycles. The number of rotatable bonds is 2. The van der Waals surface area contributed by atoms with Gasteiger partial charge in [-0.1, -0.05) is 35.4 Å². The van der Waals surface area contributed by atoms with Crippen LogP contribution in [0.3, 0.4) is 0 Å². The summed E-state index contributed by atoms with van der Waals surface area (Å²) < 4.78 is 1.00. The Kier molecular flexibility index (Phi) is 4.21. The van der Waals surface area contributed by atoms with E-state index in [9.17, 15) is 0 Å². The first-order valence-electron chi connectivity index (χ1n) is 8.97. The fourth-order valence-electron chi connectivity index (χ4n) is 4.92. The van der Waals surface area contributed by atoms with Crippen LogP contribution < -0.4 is 9.38 Å². The van der Waals surface area contributed by atoms with Crippen LogP contribution in [0.2, 0.25) is 0 Å². The van der Waals surface area contributed by atoms with Gasteiger partial charge in [0.2, 0.25) is 0 Å². The molecule has 0 bridgehead atoms. The van der Waals surface area contributed by atoms with E-state index in [2.05, 4.69) is 77.8 Å². The van der Waals surface area contributed by atoms with E-state index in [0.29, 0.717) is 0 Å². The summed E-state index contributed by atoms with van der Waals surface area (Å²) in [5, 5.41) is 0. The molecule has 1 saturated heterocycles. The normalized spacial score (nSPS) is 20.7. The van der Waals surface area contributed by atoms with E-state index in [1.54, 1.807) is 0 Å². The van der Waals surface area contributed by atoms with Gasteiger partial charge in [0, 0.05) is 16.8 Å². The Morgan fingerprint density at radius 1 is 0.750 bits per heavy atom. The molecule has 2 nitrogen and oxygen atoms in total. The quantitative estimate of drug-likeness (QED) is 0.707. The second-order valence-electron chi connectivity index (χ2n) is 8.02. The van der Waals surface area contributed by atoms with Gasteiger partial charge in [-0.05, 0) is 52.7 Å². The summed E-state index contributed by atoms with van der Waals surface area (Å²) >= 11 is 0. The number of nitrogens with zero attached hydrogens (tertiary/aromatic N) is 2. The van der Waals surface area contributed by atoms with Crippen LogP contribution in [-0.4, -0.2) is 26.8 Å². The molecule has 0 saturated carbocycles. The van der Waals surface area contributed by atoms with Crippen LogP contribution in [0, 0.1) is 41.5 Å². The first-order valence-corrected chi connectivity index (χ1v) is 8.97. The number of anilines is 1. The Balaban J connectivity index is 1.99. The summed E-state index contributed by atoms with van der Waals surface area (Å²) in [5.74, 6) is 0. The van der Waals surface area contributed by atoms with Crippen LogP contribution in [-0.2, 0) is 0 Å². The Labute approximate surface area is 147 Å². The first-order chi connectivity index (χ1) is 11.2. The Morgan fingerprint density at radius 2 is 1.21 bits per heavy atom. The molecule has 3 rings (SSSR count). The molecule has 1 aliphatic heterocycles. The minimum atomic E-state index is 1.00. The maximum atomic E-state index is 2.59. The third-order valence-corrected chi connectivity index (χ3v) is 5.47. The number of likely N-dealkylation sites (N-methyl/N-ethyl adjacent to an activating group) is 1. The highest BCUT2D eigenvalue weighted by Gasteiger charge is 2.38. The zero-order valence-corrected chi connectivity index (χ0v) is 16.3. The average Bonchev–Trinajstić information content (AvgIpc) is 2.78. The molecule has 0 radical (unpaired) electrons. The first kappa shape index (κ1) is 17.0. The molecule has 1 atom stereocenters. The maximum Gasteiger partial charge on any atom is 0.159 e. The number of quaternary nitrogens is 1. The number of aryl methyl sites for hydroxylation is 6. The number of hydrogen-bond acceptors (Lipinski definition) is 1. The highest BCUT2D eigenvalue weighted by atomic mass is 15.5. The second-order valence-corrected chi connectivity index (χ2v) is 8.02. The molecule has 2 heteroatoms. The molecule has 0 N–H and O–H groups in total. The predicted molar refractivity (Wildman–Crippen MR) is 106 cm³/mol. The van der Waals surface area contributed by atoms with Crippen LogP contribution in [0.4, 0.5) is 11.4 Å². The molecule has 0 amide bonds. The van der Waals surface area contributed by atoms with Crippen molar-refractivity contribution in [3.63, 3.8) is 0 Å². The lowest BCUT2D eigenvalue weighted by molar-refractivity contribution is 0.405. The minimum Gasteiger partial charge on any atom is -0.319 e. The fraction of sp³-hybridized carbons (Fsp3) is 0.455. The minimum absolute atomic E-state index is 1.00. The van der Waals surface area contributed by atoms with Crippen molar-refractivity contribution in [1.29, 1.82) is 0 Å². The van der Waals surface area contributed by atoms with Crippen molar-refractivity contribution in [1.82, 2.24) is 4.48 Å². The van der Waals surface area contributed by atoms with Gasteiger partial charge in [0.05, 0.1) is 13.6 Å². The van der Waals surface area contributed by atoms with Gasteiger partial charge >= 0.3 is 0 Å². The summed E-state index contributed by atoms with van der Waals surface area (Å²) in [6, 6.07) is 9.29. The Hall–Kier alpha value is -1.80. The summed E-state index contributed by atoms with van der Waals surface area (Å²) in [6.07, 6.45) is 0. The van der Waals surface area contributed by atoms with E-state index < -0.39 is 0 Å². The molecule has 128 valence electrons. The van der Waals surface area contributed by atoms with Gasteiger partial charge in [0.25, 0.3) is 0 Å². The molecular formula is C22H31N2+. The lowest BCUT2D eigenvalue weighted by Crippen LogP contribution is -2.45. The molecule has 0 aliphatic carbocycles. The van der Waals surface area contributed by atoms with E-state index in [4.69, 9.17) is 0 Å². The SMILES string of the molecule is Cc1cc(C)c(N2CC[N+](C)(c3c(C)cc(C)cc3C)C2)c(C)c1. The number of hydrogen-bond donors (Lipinski definition) is 0. The van der Waals surface area contributed by atoms with E-state index in [1.807, 2.05) is 0 Å². The van der Waals surface area contributed by atoms with Gasteiger partial charge in [-0.25, -0.2) is 0 Å². The summed E-state index contributed by atoms with van der Waals surface area (Å²) in [7, 11) is 2.39. The third kappa shape index (κ3) is 2.84. The zero-order valence-electron chi connectivity index (χ0n) is 16.3. The van der Waals surface area contributed by atoms with E-state index in [1.165, 1.54) is 44.8 Å². The van der Waals surface area contributed by atoms with Crippen molar-refractivity contribution in [2.24, 2.45) is 0 Å². The molecule has 1 aliphatic rings. The standard InChI is InChI=1S/C22H31N2/c1-15-10-17(3)21(18(4)11-15)23-8-9-24(7,14-23)22-19(5)12-16(2)13-20(22)6/h10-13H,8-9,14H2,1-7H3/q+1. The van der Waals surface area contributed by atoms with E-state index in [-0.39, 0.29) is 0 Å².